The monoisotopic (exact) mass is 222 g/mol. The van der Waals surface area contributed by atoms with Crippen molar-refractivity contribution in [2.24, 2.45) is 0 Å². The van der Waals surface area contributed by atoms with E-state index in [0.29, 0.717) is 0 Å². The second-order valence-electron chi connectivity index (χ2n) is 3.04. The predicted octanol–water partition coefficient (Wildman–Crippen LogP) is 1.56. The third-order valence-corrected chi connectivity index (χ3v) is 1.99. The summed E-state index contributed by atoms with van der Waals surface area (Å²) < 4.78 is 36.4. The van der Waals surface area contributed by atoms with Gasteiger partial charge in [-0.05, 0) is 6.92 Å². The quantitative estimate of drug-likeness (QED) is 0.812. The van der Waals surface area contributed by atoms with E-state index in [1.54, 1.807) is 0 Å². The molecule has 0 aliphatic heterocycles. The molecule has 7 heteroatoms. The van der Waals surface area contributed by atoms with Crippen LogP contribution in [0.3, 0.4) is 0 Å². The van der Waals surface area contributed by atoms with Crippen LogP contribution in [0, 0.1) is 6.92 Å². The number of nitrogens with one attached hydrogen (secondary N) is 1. The van der Waals surface area contributed by atoms with Gasteiger partial charge in [0.2, 0.25) is 0 Å². The molecule has 84 valence electrons. The molecular formula is C8H9F3N2O2. The molecule has 0 spiro atoms. The molecule has 1 rings (SSSR count). The maximum Gasteiger partial charge on any atom is 0.356 e. The lowest BCUT2D eigenvalue weighted by molar-refractivity contribution is 0.0497. The van der Waals surface area contributed by atoms with Crippen LogP contribution in [0.2, 0.25) is 0 Å². The number of carbonyl (C=O) groups is 1. The van der Waals surface area contributed by atoms with Gasteiger partial charge in [-0.2, -0.15) is 5.10 Å². The van der Waals surface area contributed by atoms with Gasteiger partial charge in [0, 0.05) is 17.7 Å². The average molecular weight is 222 g/mol. The van der Waals surface area contributed by atoms with E-state index >= 15 is 0 Å². The summed E-state index contributed by atoms with van der Waals surface area (Å²) in [7, 11) is 0. The van der Waals surface area contributed by atoms with Gasteiger partial charge in [-0.3, -0.25) is 5.10 Å². The van der Waals surface area contributed by atoms with Crippen molar-refractivity contribution in [1.82, 2.24) is 10.2 Å². The number of alkyl halides is 3. The molecule has 0 radical (unpaired) electrons. The fraction of sp³-hybridized carbons (Fsp3) is 0.500. The Bertz CT molecular complexity index is 365. The molecule has 1 atom stereocenters. The van der Waals surface area contributed by atoms with Crippen LogP contribution < -0.4 is 0 Å². The summed E-state index contributed by atoms with van der Waals surface area (Å²) in [5.41, 5.74) is -0.00235. The number of carboxylic acid groups (broad SMARTS) is 1. The summed E-state index contributed by atoms with van der Waals surface area (Å²) in [5.74, 6) is -1.28. The lowest BCUT2D eigenvalue weighted by Gasteiger charge is -2.05. The fourth-order valence-electron chi connectivity index (χ4n) is 1.13. The highest BCUT2D eigenvalue weighted by molar-refractivity contribution is 5.87. The molecule has 2 N–H and O–H groups in total. The van der Waals surface area contributed by atoms with Crippen molar-refractivity contribution < 1.29 is 23.1 Å². The van der Waals surface area contributed by atoms with Crippen LogP contribution in [-0.2, 0) is 6.42 Å². The normalized spacial score (nSPS) is 13.1. The number of hydrogen-bond acceptors (Lipinski definition) is 2. The second-order valence-corrected chi connectivity index (χ2v) is 3.04. The van der Waals surface area contributed by atoms with Crippen LogP contribution in [0.4, 0.5) is 13.2 Å². The number of aromatic amines is 1. The van der Waals surface area contributed by atoms with E-state index < -0.39 is 25.0 Å². The van der Waals surface area contributed by atoms with E-state index in [9.17, 15) is 18.0 Å². The van der Waals surface area contributed by atoms with E-state index in [1.807, 2.05) is 0 Å². The van der Waals surface area contributed by atoms with E-state index in [-0.39, 0.29) is 17.0 Å². The van der Waals surface area contributed by atoms with Gasteiger partial charge in [-0.25, -0.2) is 18.0 Å². The molecule has 1 aromatic rings. The highest BCUT2D eigenvalue weighted by Crippen LogP contribution is 2.16. The zero-order chi connectivity index (χ0) is 11.6. The third kappa shape index (κ3) is 2.48. The standard InChI is InChI=1S/C8H9F3N2O2/c1-3-5(2-4(9)7(10)11)12-13-6(3)8(14)15/h4,7H,2H2,1H3,(H,12,13)(H,14,15). The Hall–Kier alpha value is -1.53. The molecule has 4 nitrogen and oxygen atoms in total. The minimum atomic E-state index is -3.08. The lowest BCUT2D eigenvalue weighted by Crippen LogP contribution is -2.15. The molecule has 0 aliphatic rings. The Kier molecular flexibility index (Phi) is 3.33. The molecule has 0 fully saturated rings. The third-order valence-electron chi connectivity index (χ3n) is 1.99. The number of aromatic carboxylic acids is 1. The summed E-state index contributed by atoms with van der Waals surface area (Å²) in [5, 5.41) is 14.2. The van der Waals surface area contributed by atoms with Gasteiger partial charge in [0.15, 0.2) is 11.9 Å². The first-order chi connectivity index (χ1) is 6.93. The molecule has 0 bridgehead atoms. The number of aromatic nitrogens is 2. The molecule has 0 aromatic carbocycles. The topological polar surface area (TPSA) is 66.0 Å². The van der Waals surface area contributed by atoms with Crippen molar-refractivity contribution in [2.75, 3.05) is 0 Å². The highest BCUT2D eigenvalue weighted by Gasteiger charge is 2.23. The molecule has 0 aliphatic carbocycles. The highest BCUT2D eigenvalue weighted by atomic mass is 19.3. The Morgan fingerprint density at radius 2 is 2.13 bits per heavy atom. The van der Waals surface area contributed by atoms with E-state index in [1.165, 1.54) is 6.92 Å². The van der Waals surface area contributed by atoms with Crippen molar-refractivity contribution in [3.63, 3.8) is 0 Å². The van der Waals surface area contributed by atoms with Gasteiger partial charge in [0.25, 0.3) is 6.43 Å². The first kappa shape index (κ1) is 11.5. The summed E-state index contributed by atoms with van der Waals surface area (Å²) in [6, 6.07) is 0. The predicted molar refractivity (Wildman–Crippen MR) is 44.9 cm³/mol. The van der Waals surface area contributed by atoms with E-state index in [2.05, 4.69) is 10.2 Å². The smallest absolute Gasteiger partial charge is 0.356 e. The summed E-state index contributed by atoms with van der Waals surface area (Å²) >= 11 is 0. The average Bonchev–Trinajstić information content (AvgIpc) is 2.48. The minimum absolute atomic E-state index is 0.0835. The summed E-state index contributed by atoms with van der Waals surface area (Å²) in [4.78, 5) is 10.5. The van der Waals surface area contributed by atoms with Crippen molar-refractivity contribution in [3.8, 4) is 0 Å². The van der Waals surface area contributed by atoms with Crippen LogP contribution in [0.25, 0.3) is 0 Å². The van der Waals surface area contributed by atoms with Gasteiger partial charge < -0.3 is 5.11 Å². The Morgan fingerprint density at radius 1 is 1.53 bits per heavy atom. The zero-order valence-corrected chi connectivity index (χ0v) is 7.80. The Labute approximate surface area is 83.1 Å². The minimum Gasteiger partial charge on any atom is -0.476 e. The van der Waals surface area contributed by atoms with Crippen LogP contribution in [-0.4, -0.2) is 33.9 Å². The first-order valence-corrected chi connectivity index (χ1v) is 4.12. The zero-order valence-electron chi connectivity index (χ0n) is 7.80. The Morgan fingerprint density at radius 3 is 2.53 bits per heavy atom. The summed E-state index contributed by atoms with van der Waals surface area (Å²) in [6.07, 6.45) is -5.96. The van der Waals surface area contributed by atoms with Gasteiger partial charge >= 0.3 is 5.97 Å². The molecule has 1 heterocycles. The van der Waals surface area contributed by atoms with Crippen LogP contribution in [0.1, 0.15) is 21.7 Å². The number of hydrogen-bond donors (Lipinski definition) is 2. The van der Waals surface area contributed by atoms with Gasteiger partial charge in [0.1, 0.15) is 0 Å². The number of rotatable bonds is 4. The van der Waals surface area contributed by atoms with Crippen LogP contribution in [0.5, 0.6) is 0 Å². The second kappa shape index (κ2) is 4.33. The van der Waals surface area contributed by atoms with E-state index in [4.69, 9.17) is 5.11 Å². The van der Waals surface area contributed by atoms with E-state index in [0.717, 1.165) is 0 Å². The van der Waals surface area contributed by atoms with Crippen molar-refractivity contribution in [2.45, 2.75) is 25.9 Å². The Balaban J connectivity index is 2.83. The van der Waals surface area contributed by atoms with Crippen molar-refractivity contribution >= 4 is 5.97 Å². The summed E-state index contributed by atoms with van der Waals surface area (Å²) in [6.45, 7) is 1.39. The molecule has 1 aromatic heterocycles. The molecule has 15 heavy (non-hydrogen) atoms. The van der Waals surface area contributed by atoms with Crippen molar-refractivity contribution in [1.29, 1.82) is 0 Å². The largest absolute Gasteiger partial charge is 0.476 e. The van der Waals surface area contributed by atoms with Gasteiger partial charge in [0.05, 0.1) is 0 Å². The molecular weight excluding hydrogens is 213 g/mol. The maximum absolute atomic E-state index is 12.7. The number of H-pyrrole nitrogens is 1. The maximum atomic E-state index is 12.7. The number of nitrogens with zero attached hydrogens (tertiary/aromatic N) is 1. The molecule has 1 unspecified atom stereocenters. The van der Waals surface area contributed by atoms with Crippen LogP contribution in [0.15, 0.2) is 0 Å². The van der Waals surface area contributed by atoms with Crippen molar-refractivity contribution in [3.05, 3.63) is 17.0 Å². The molecule has 0 saturated carbocycles. The molecule has 0 amide bonds. The first-order valence-electron chi connectivity index (χ1n) is 4.12. The van der Waals surface area contributed by atoms with Gasteiger partial charge in [-0.1, -0.05) is 0 Å². The fourth-order valence-corrected chi connectivity index (χ4v) is 1.13. The number of carboxylic acids is 1. The lowest BCUT2D eigenvalue weighted by atomic mass is 10.1. The van der Waals surface area contributed by atoms with Gasteiger partial charge in [-0.15, -0.1) is 0 Å². The number of halogens is 3. The molecule has 0 saturated heterocycles. The van der Waals surface area contributed by atoms with Crippen LogP contribution >= 0.6 is 0 Å². The SMILES string of the molecule is Cc1c(C(=O)O)n[nH]c1CC(F)C(F)F.